The van der Waals surface area contributed by atoms with E-state index in [2.05, 4.69) is 9.84 Å². The van der Waals surface area contributed by atoms with E-state index in [4.69, 9.17) is 14.8 Å². The van der Waals surface area contributed by atoms with E-state index in [0.717, 1.165) is 5.17 Å². The molecule has 0 spiro atoms. The molecule has 0 bridgehead atoms. The summed E-state index contributed by atoms with van der Waals surface area (Å²) in [6.07, 6.45) is 1.11. The Kier molecular flexibility index (Phi) is 7.23. The van der Waals surface area contributed by atoms with Crippen LogP contribution in [0.5, 0.6) is 5.75 Å². The van der Waals surface area contributed by atoms with Gasteiger partial charge in [-0.15, -0.1) is 0 Å². The van der Waals surface area contributed by atoms with Gasteiger partial charge in [0.2, 0.25) is 0 Å². The summed E-state index contributed by atoms with van der Waals surface area (Å²) in [4.78, 5) is 28.8. The van der Waals surface area contributed by atoms with E-state index in [1.165, 1.54) is 44.7 Å². The molecule has 0 aromatic heterocycles. The summed E-state index contributed by atoms with van der Waals surface area (Å²) in [6.45, 7) is 1.63. The van der Waals surface area contributed by atoms with Gasteiger partial charge in [0.25, 0.3) is 0 Å². The lowest BCUT2D eigenvalue weighted by Gasteiger charge is -2.23. The quantitative estimate of drug-likeness (QED) is 0.323. The van der Waals surface area contributed by atoms with E-state index in [-0.39, 0.29) is 12.2 Å². The van der Waals surface area contributed by atoms with E-state index in [0.29, 0.717) is 5.56 Å². The maximum absolute atomic E-state index is 12.3. The second-order valence-corrected chi connectivity index (χ2v) is 4.21. The van der Waals surface area contributed by atoms with Gasteiger partial charge in [0.1, 0.15) is 5.75 Å². The number of carbonyl (C=O) groups is 2. The number of hydroxylamine groups is 1. The summed E-state index contributed by atoms with van der Waals surface area (Å²) in [5.74, 6) is -1.12. The number of benzene rings is 1. The van der Waals surface area contributed by atoms with Gasteiger partial charge in [0, 0.05) is 6.21 Å². The molecule has 0 aliphatic rings. The highest BCUT2D eigenvalue weighted by Crippen LogP contribution is 2.15. The molecule has 1 unspecified atom stereocenters. The molecule has 0 heterocycles. The first-order chi connectivity index (χ1) is 11.0. The maximum Gasteiger partial charge on any atom is 0.339 e. The lowest BCUT2D eigenvalue weighted by molar-refractivity contribution is -0.187. The number of nitrogens with zero attached hydrogens (tertiary/aromatic N) is 3. The summed E-state index contributed by atoms with van der Waals surface area (Å²) in [6, 6.07) is 6.82. The van der Waals surface area contributed by atoms with Crippen molar-refractivity contribution < 1.29 is 23.9 Å². The van der Waals surface area contributed by atoms with Crippen LogP contribution in [-0.4, -0.2) is 43.6 Å². The molecule has 0 fully saturated rings. The molecule has 1 aromatic rings. The van der Waals surface area contributed by atoms with Crippen LogP contribution in [0.1, 0.15) is 18.9 Å². The third-order valence-corrected chi connectivity index (χ3v) is 2.74. The summed E-state index contributed by atoms with van der Waals surface area (Å²) in [5.41, 5.74) is 0.435. The highest BCUT2D eigenvalue weighted by molar-refractivity contribution is 5.84. The van der Waals surface area contributed by atoms with Gasteiger partial charge in [0.15, 0.2) is 6.04 Å². The fraction of sp³-hybridized carbons (Fsp3) is 0.333. The number of rotatable bonds is 7. The lowest BCUT2D eigenvalue weighted by atomic mass is 10.2. The second kappa shape index (κ2) is 9.17. The predicted molar refractivity (Wildman–Crippen MR) is 80.2 cm³/mol. The first-order valence-electron chi connectivity index (χ1n) is 6.66. The Hall–Kier alpha value is -2.92. The molecule has 0 radical (unpaired) electrons. The zero-order valence-corrected chi connectivity index (χ0v) is 13.1. The maximum atomic E-state index is 12.3. The molecule has 0 saturated carbocycles. The van der Waals surface area contributed by atoms with Crippen LogP contribution in [0, 0.1) is 11.3 Å². The molecule has 0 aliphatic carbocycles. The van der Waals surface area contributed by atoms with Gasteiger partial charge in [-0.2, -0.15) is 15.5 Å². The van der Waals surface area contributed by atoms with Crippen LogP contribution in [0.15, 0.2) is 29.4 Å². The Morgan fingerprint density at radius 1 is 1.35 bits per heavy atom. The van der Waals surface area contributed by atoms with Crippen LogP contribution >= 0.6 is 0 Å². The summed E-state index contributed by atoms with van der Waals surface area (Å²) in [5, 5.41) is 13.6. The molecule has 8 heteroatoms. The van der Waals surface area contributed by atoms with Gasteiger partial charge < -0.3 is 9.47 Å². The number of hydrogen-bond donors (Lipinski definition) is 0. The van der Waals surface area contributed by atoms with Crippen molar-refractivity contribution in [3.05, 3.63) is 29.8 Å². The second-order valence-electron chi connectivity index (χ2n) is 4.21. The van der Waals surface area contributed by atoms with Gasteiger partial charge >= 0.3 is 11.9 Å². The van der Waals surface area contributed by atoms with Crippen molar-refractivity contribution in [2.45, 2.75) is 19.4 Å². The number of nitriles is 1. The summed E-state index contributed by atoms with van der Waals surface area (Å²) in [7, 11) is 2.53. The van der Waals surface area contributed by atoms with Crippen LogP contribution in [0.4, 0.5) is 0 Å². The third kappa shape index (κ3) is 5.41. The van der Waals surface area contributed by atoms with E-state index < -0.39 is 18.0 Å². The Morgan fingerprint density at radius 2 is 2.00 bits per heavy atom. The monoisotopic (exact) mass is 319 g/mol. The summed E-state index contributed by atoms with van der Waals surface area (Å²) < 4.78 is 9.77. The molecule has 1 atom stereocenters. The fourth-order valence-electron chi connectivity index (χ4n) is 1.64. The van der Waals surface area contributed by atoms with Crippen molar-refractivity contribution in [1.82, 2.24) is 5.17 Å². The first kappa shape index (κ1) is 18.1. The average Bonchev–Trinajstić information content (AvgIpc) is 2.58. The van der Waals surface area contributed by atoms with E-state index >= 15 is 0 Å². The molecule has 0 aliphatic heterocycles. The smallest absolute Gasteiger partial charge is 0.339 e. The number of ether oxygens (including phenoxy) is 2. The van der Waals surface area contributed by atoms with Crippen LogP contribution < -0.4 is 4.74 Å². The van der Waals surface area contributed by atoms with E-state index in [9.17, 15) is 9.59 Å². The molecular formula is C15H17N3O5. The van der Waals surface area contributed by atoms with Crippen molar-refractivity contribution in [3.8, 4) is 11.8 Å². The standard InChI is InChI=1S/C15H17N3O5/c1-4-17-18(22-3)13(9-14(19)21-2)15(20)23-12-7-5-11(10-16)6-8-12/h4-8,13H,9H2,1-3H3. The normalized spacial score (nSPS) is 11.6. The fourth-order valence-corrected chi connectivity index (χ4v) is 1.64. The molecule has 122 valence electrons. The number of carbonyl (C=O) groups excluding carboxylic acids is 2. The minimum Gasteiger partial charge on any atom is -0.469 e. The minimum absolute atomic E-state index is 0.236. The first-order valence-corrected chi connectivity index (χ1v) is 6.66. The van der Waals surface area contributed by atoms with Crippen LogP contribution in [0.2, 0.25) is 0 Å². The Bertz CT molecular complexity index is 607. The third-order valence-electron chi connectivity index (χ3n) is 2.74. The largest absolute Gasteiger partial charge is 0.469 e. The highest BCUT2D eigenvalue weighted by Gasteiger charge is 2.31. The molecule has 1 rings (SSSR count). The number of hydrazone groups is 1. The minimum atomic E-state index is -1.11. The Morgan fingerprint density at radius 3 is 2.48 bits per heavy atom. The van der Waals surface area contributed by atoms with Gasteiger partial charge in [-0.05, 0) is 31.2 Å². The zero-order valence-electron chi connectivity index (χ0n) is 13.1. The number of hydrogen-bond acceptors (Lipinski definition) is 8. The molecule has 23 heavy (non-hydrogen) atoms. The molecule has 0 N–H and O–H groups in total. The van der Waals surface area contributed by atoms with Crippen LogP contribution in [-0.2, 0) is 19.2 Å². The van der Waals surface area contributed by atoms with Gasteiger partial charge in [-0.3, -0.25) is 9.63 Å². The molecule has 1 aromatic carbocycles. The van der Waals surface area contributed by atoms with Gasteiger partial charge in [-0.1, -0.05) is 0 Å². The van der Waals surface area contributed by atoms with Crippen LogP contribution in [0.3, 0.4) is 0 Å². The number of esters is 2. The van der Waals surface area contributed by atoms with Crippen molar-refractivity contribution in [1.29, 1.82) is 5.26 Å². The molecule has 0 amide bonds. The van der Waals surface area contributed by atoms with Gasteiger partial charge in [-0.25, -0.2) is 4.79 Å². The number of methoxy groups -OCH3 is 1. The van der Waals surface area contributed by atoms with E-state index in [1.807, 2.05) is 6.07 Å². The lowest BCUT2D eigenvalue weighted by Crippen LogP contribution is -2.41. The van der Waals surface area contributed by atoms with Crippen molar-refractivity contribution in [2.24, 2.45) is 5.10 Å². The van der Waals surface area contributed by atoms with Crippen molar-refractivity contribution >= 4 is 18.2 Å². The molecule has 0 saturated heterocycles. The molecular weight excluding hydrogens is 302 g/mol. The SMILES string of the molecule is CC=NN(OC)C(CC(=O)OC)C(=O)Oc1ccc(C#N)cc1. The highest BCUT2D eigenvalue weighted by atomic mass is 16.7. The molecule has 8 nitrogen and oxygen atoms in total. The van der Waals surface area contributed by atoms with Crippen molar-refractivity contribution in [3.63, 3.8) is 0 Å². The van der Waals surface area contributed by atoms with Crippen molar-refractivity contribution in [2.75, 3.05) is 14.2 Å². The van der Waals surface area contributed by atoms with E-state index in [1.54, 1.807) is 6.92 Å². The van der Waals surface area contributed by atoms with Crippen LogP contribution in [0.25, 0.3) is 0 Å². The Balaban J connectivity index is 2.92. The summed E-state index contributed by atoms with van der Waals surface area (Å²) >= 11 is 0. The topological polar surface area (TPSA) is 101 Å². The van der Waals surface area contributed by atoms with Gasteiger partial charge in [0.05, 0.1) is 32.3 Å². The zero-order chi connectivity index (χ0) is 17.2. The Labute approximate surface area is 133 Å². The average molecular weight is 319 g/mol. The predicted octanol–water partition coefficient (Wildman–Crippen LogP) is 1.26.